The molecule has 2 fully saturated rings. The smallest absolute Gasteiger partial charge is 0.191 e. The van der Waals surface area contributed by atoms with Gasteiger partial charge in [-0.25, -0.2) is 14.6 Å². The van der Waals surface area contributed by atoms with Crippen molar-refractivity contribution >= 4 is 28.7 Å². The number of fused-ring (bicyclic) bond motifs is 1. The molecule has 0 unspecified atom stereocenters. The van der Waals surface area contributed by atoms with Gasteiger partial charge in [-0.3, -0.25) is 0 Å². The second-order valence-electron chi connectivity index (χ2n) is 8.11. The van der Waals surface area contributed by atoms with Crippen molar-refractivity contribution in [2.24, 2.45) is 0 Å². The number of aliphatic hydroxyl groups is 1. The Balaban J connectivity index is 1.51. The van der Waals surface area contributed by atoms with Crippen molar-refractivity contribution in [2.75, 3.05) is 30.8 Å². The summed E-state index contributed by atoms with van der Waals surface area (Å²) in [4.78, 5) is 11.9. The lowest BCUT2D eigenvalue weighted by molar-refractivity contribution is 0.145. The Hall–Kier alpha value is -2.23. The number of aromatic nitrogens is 5. The van der Waals surface area contributed by atoms with Crippen molar-refractivity contribution in [3.05, 3.63) is 35.9 Å². The minimum atomic E-state index is -0.497. The quantitative estimate of drug-likeness (QED) is 0.440. The first kappa shape index (κ1) is 19.7. The van der Waals surface area contributed by atoms with Gasteiger partial charge in [0, 0.05) is 37.8 Å². The van der Waals surface area contributed by atoms with Crippen molar-refractivity contribution < 1.29 is 5.11 Å². The summed E-state index contributed by atoms with van der Waals surface area (Å²) in [7, 11) is 2.09. The highest BCUT2D eigenvalue weighted by Gasteiger charge is 2.43. The molecule has 8 nitrogen and oxygen atoms in total. The fraction of sp³-hybridized carbons (Fsp3) is 0.524. The van der Waals surface area contributed by atoms with Crippen LogP contribution >= 0.6 is 11.8 Å². The first-order valence-electron chi connectivity index (χ1n) is 10.6. The molecule has 1 saturated carbocycles. The van der Waals surface area contributed by atoms with Gasteiger partial charge in [-0.1, -0.05) is 54.2 Å². The zero-order valence-corrected chi connectivity index (χ0v) is 18.1. The topological polar surface area (TPSA) is 92.0 Å². The van der Waals surface area contributed by atoms with Crippen LogP contribution in [0.3, 0.4) is 0 Å². The van der Waals surface area contributed by atoms with Crippen LogP contribution in [0.4, 0.5) is 5.82 Å². The molecule has 0 amide bonds. The molecule has 3 heterocycles. The van der Waals surface area contributed by atoms with Gasteiger partial charge in [-0.05, 0) is 18.4 Å². The summed E-state index contributed by atoms with van der Waals surface area (Å²) in [6, 6.07) is 10.9. The van der Waals surface area contributed by atoms with E-state index in [1.54, 1.807) is 16.4 Å². The lowest BCUT2D eigenvalue weighted by atomic mass is 10.1. The number of aliphatic hydroxyl groups excluding tert-OH is 1. The fourth-order valence-electron chi connectivity index (χ4n) is 4.25. The highest BCUT2D eigenvalue weighted by molar-refractivity contribution is 7.99. The van der Waals surface area contributed by atoms with Crippen LogP contribution in [0.5, 0.6) is 0 Å². The van der Waals surface area contributed by atoms with Crippen LogP contribution in [0.1, 0.15) is 37.3 Å². The van der Waals surface area contributed by atoms with Gasteiger partial charge in [0.1, 0.15) is 0 Å². The van der Waals surface area contributed by atoms with E-state index in [0.717, 1.165) is 29.6 Å². The fourth-order valence-corrected chi connectivity index (χ4v) is 4.94. The van der Waals surface area contributed by atoms with Crippen LogP contribution in [0, 0.1) is 0 Å². The van der Waals surface area contributed by atoms with E-state index in [9.17, 15) is 5.11 Å². The molecule has 2 N–H and O–H groups in total. The van der Waals surface area contributed by atoms with Gasteiger partial charge < -0.3 is 15.3 Å². The van der Waals surface area contributed by atoms with Crippen LogP contribution in [0.15, 0.2) is 35.5 Å². The van der Waals surface area contributed by atoms with E-state index in [4.69, 9.17) is 9.97 Å². The number of benzene rings is 1. The number of thioether (sulfide) groups is 1. The predicted molar refractivity (Wildman–Crippen MR) is 118 cm³/mol. The van der Waals surface area contributed by atoms with Crippen LogP contribution < -0.4 is 10.2 Å². The number of rotatable bonds is 7. The zero-order valence-electron chi connectivity index (χ0n) is 17.3. The van der Waals surface area contributed by atoms with E-state index in [1.807, 2.05) is 0 Å². The molecule has 5 rings (SSSR count). The summed E-state index contributed by atoms with van der Waals surface area (Å²) in [6.45, 7) is 3.37. The lowest BCUT2D eigenvalue weighted by Crippen LogP contribution is -2.24. The predicted octanol–water partition coefficient (Wildman–Crippen LogP) is 2.22. The van der Waals surface area contributed by atoms with Gasteiger partial charge in [0.2, 0.25) is 0 Å². The maximum absolute atomic E-state index is 10.4. The van der Waals surface area contributed by atoms with E-state index >= 15 is 0 Å². The maximum atomic E-state index is 10.4. The zero-order chi connectivity index (χ0) is 20.7. The number of β-amino-alcohol motifs (C(OH)–C–C–N with tert-alkyl or cyclic N) is 1. The average Bonchev–Trinajstić information content (AvgIpc) is 3.30. The molecule has 0 spiro atoms. The molecule has 1 aliphatic carbocycles. The molecule has 158 valence electrons. The molecule has 0 radical (unpaired) electrons. The first-order chi connectivity index (χ1) is 14.7. The number of nitrogens with one attached hydrogen (secondary N) is 1. The van der Waals surface area contributed by atoms with Crippen LogP contribution in [-0.2, 0) is 0 Å². The molecule has 1 saturated heterocycles. The third kappa shape index (κ3) is 3.55. The van der Waals surface area contributed by atoms with E-state index in [0.29, 0.717) is 36.2 Å². The summed E-state index contributed by atoms with van der Waals surface area (Å²) in [5.74, 6) is 2.29. The highest BCUT2D eigenvalue weighted by Crippen LogP contribution is 2.46. The van der Waals surface area contributed by atoms with E-state index in [2.05, 4.69) is 64.8 Å². The number of anilines is 1. The van der Waals surface area contributed by atoms with Gasteiger partial charge in [0.05, 0.1) is 12.1 Å². The van der Waals surface area contributed by atoms with Crippen molar-refractivity contribution in [2.45, 2.75) is 49.0 Å². The number of likely N-dealkylation sites (N-methyl/N-ethyl adjacent to an activating group) is 1. The van der Waals surface area contributed by atoms with Gasteiger partial charge in [0.15, 0.2) is 22.1 Å². The van der Waals surface area contributed by atoms with Crippen molar-refractivity contribution in [3.8, 4) is 0 Å². The minimum absolute atomic E-state index is 0.162. The molecular weight excluding hydrogens is 398 g/mol. The van der Waals surface area contributed by atoms with E-state index < -0.39 is 6.10 Å². The molecule has 3 aromatic rings. The molecule has 2 aromatic heterocycles. The van der Waals surface area contributed by atoms with Gasteiger partial charge in [0.25, 0.3) is 0 Å². The first-order valence-corrected chi connectivity index (χ1v) is 11.6. The molecule has 9 heteroatoms. The SMILES string of the molecule is CCCSc1nc(N(C)[C@@H]2C[C@H]2c2ccccc2)c2nnn([C@@H]3CNC[C@H]3O)c2n1. The van der Waals surface area contributed by atoms with Crippen LogP contribution in [0.25, 0.3) is 11.2 Å². The number of nitrogens with zero attached hydrogens (tertiary/aromatic N) is 6. The van der Waals surface area contributed by atoms with E-state index in [-0.39, 0.29) is 6.04 Å². The second kappa shape index (κ2) is 8.13. The summed E-state index contributed by atoms with van der Waals surface area (Å²) in [5, 5.41) is 23.1. The number of hydrogen-bond acceptors (Lipinski definition) is 8. The van der Waals surface area contributed by atoms with Gasteiger partial charge >= 0.3 is 0 Å². The summed E-state index contributed by atoms with van der Waals surface area (Å²) >= 11 is 1.66. The molecule has 4 atom stereocenters. The van der Waals surface area contributed by atoms with E-state index in [1.165, 1.54) is 5.56 Å². The summed E-state index contributed by atoms with van der Waals surface area (Å²) in [6.07, 6.45) is 1.66. The maximum Gasteiger partial charge on any atom is 0.191 e. The van der Waals surface area contributed by atoms with Crippen molar-refractivity contribution in [1.82, 2.24) is 30.3 Å². The van der Waals surface area contributed by atoms with Crippen LogP contribution in [-0.4, -0.2) is 68.1 Å². The molecule has 1 aromatic carbocycles. The van der Waals surface area contributed by atoms with Crippen LogP contribution in [0.2, 0.25) is 0 Å². The molecule has 30 heavy (non-hydrogen) atoms. The molecular formula is C21H27N7OS. The van der Waals surface area contributed by atoms with Gasteiger partial charge in [-0.2, -0.15) is 0 Å². The second-order valence-corrected chi connectivity index (χ2v) is 9.17. The third-order valence-corrected chi connectivity index (χ3v) is 7.05. The summed E-state index contributed by atoms with van der Waals surface area (Å²) in [5.41, 5.74) is 2.77. The third-order valence-electron chi connectivity index (χ3n) is 6.00. The normalized spacial score (nSPS) is 25.7. The van der Waals surface area contributed by atoms with Gasteiger partial charge in [-0.15, -0.1) is 5.10 Å². The Labute approximate surface area is 180 Å². The minimum Gasteiger partial charge on any atom is -0.390 e. The molecule has 0 bridgehead atoms. The van der Waals surface area contributed by atoms with Crippen molar-refractivity contribution in [3.63, 3.8) is 0 Å². The Morgan fingerprint density at radius 2 is 2.07 bits per heavy atom. The molecule has 1 aliphatic heterocycles. The largest absolute Gasteiger partial charge is 0.390 e. The lowest BCUT2D eigenvalue weighted by Gasteiger charge is -2.20. The highest BCUT2D eigenvalue weighted by atomic mass is 32.2. The number of hydrogen-bond donors (Lipinski definition) is 2. The Morgan fingerprint density at radius 3 is 2.80 bits per heavy atom. The molecule has 2 aliphatic rings. The van der Waals surface area contributed by atoms with Crippen molar-refractivity contribution in [1.29, 1.82) is 0 Å². The summed E-state index contributed by atoms with van der Waals surface area (Å²) < 4.78 is 1.77. The Bertz CT molecular complexity index is 1030. The Morgan fingerprint density at radius 1 is 1.23 bits per heavy atom. The Kier molecular flexibility index (Phi) is 5.34. The monoisotopic (exact) mass is 425 g/mol. The standard InChI is InChI=1S/C21H27N7OS/c1-3-9-30-21-23-19(27(2)15-10-14(15)13-7-5-4-6-8-13)18-20(24-21)28(26-25-18)16-11-22-12-17(16)29/h4-8,14-17,22,29H,3,9-12H2,1-2H3/t14-,15+,16+,17+/m0/s1. The average molecular weight is 426 g/mol.